The molecule has 1 atom stereocenters. The number of nitrogens with one attached hydrogen (secondary N) is 2. The number of H-pyrrole nitrogens is 1. The number of likely N-dealkylation sites (N-methyl/N-ethyl adjacent to an activating group) is 1. The maximum absolute atomic E-state index is 4.53. The molecule has 0 aliphatic rings. The van der Waals surface area contributed by atoms with Gasteiger partial charge in [-0.3, -0.25) is 4.99 Å². The summed E-state index contributed by atoms with van der Waals surface area (Å²) in [7, 11) is 8.02. The summed E-state index contributed by atoms with van der Waals surface area (Å²) in [6, 6.07) is 21.0. The van der Waals surface area contributed by atoms with Gasteiger partial charge < -0.3 is 20.1 Å². The van der Waals surface area contributed by atoms with Gasteiger partial charge in [-0.05, 0) is 25.2 Å². The zero-order chi connectivity index (χ0) is 20.6. The van der Waals surface area contributed by atoms with Gasteiger partial charge in [0.2, 0.25) is 0 Å². The van der Waals surface area contributed by atoms with Gasteiger partial charge in [0.15, 0.2) is 5.96 Å². The van der Waals surface area contributed by atoms with Crippen LogP contribution in [0.2, 0.25) is 0 Å². The van der Waals surface area contributed by atoms with E-state index in [2.05, 4.69) is 80.6 Å². The van der Waals surface area contributed by atoms with Crippen molar-refractivity contribution >= 4 is 29.9 Å². The van der Waals surface area contributed by atoms with Gasteiger partial charge in [-0.1, -0.05) is 60.7 Å². The summed E-state index contributed by atoms with van der Waals surface area (Å²) < 4.78 is 0. The van der Waals surface area contributed by atoms with Crippen LogP contribution in [0.1, 0.15) is 17.4 Å². The Morgan fingerprint density at radius 2 is 1.67 bits per heavy atom. The Morgan fingerprint density at radius 1 is 1.03 bits per heavy atom. The molecule has 1 heterocycles. The summed E-state index contributed by atoms with van der Waals surface area (Å²) in [5, 5.41) is 3.50. The molecular weight excluding hydrogens is 487 g/mol. The molecule has 6 nitrogen and oxygen atoms in total. The summed E-state index contributed by atoms with van der Waals surface area (Å²) in [4.78, 5) is 16.7. The highest BCUT2D eigenvalue weighted by atomic mass is 127. The first-order valence-corrected chi connectivity index (χ1v) is 9.81. The normalized spacial score (nSPS) is 12.4. The van der Waals surface area contributed by atoms with E-state index >= 15 is 0 Å². The number of hydrogen-bond donors (Lipinski definition) is 2. The molecule has 0 aliphatic heterocycles. The van der Waals surface area contributed by atoms with Crippen LogP contribution < -0.4 is 5.32 Å². The minimum Gasteiger partial charge on any atom is -0.354 e. The largest absolute Gasteiger partial charge is 0.354 e. The van der Waals surface area contributed by atoms with Crippen molar-refractivity contribution in [1.82, 2.24) is 25.1 Å². The summed E-state index contributed by atoms with van der Waals surface area (Å²) in [6.07, 6.45) is 1.88. The van der Waals surface area contributed by atoms with Crippen molar-refractivity contribution in [2.75, 3.05) is 34.7 Å². The van der Waals surface area contributed by atoms with Crippen LogP contribution in [0, 0.1) is 0 Å². The summed E-state index contributed by atoms with van der Waals surface area (Å²) in [5.41, 5.74) is 3.43. The molecule has 30 heavy (non-hydrogen) atoms. The van der Waals surface area contributed by atoms with Crippen LogP contribution in [-0.4, -0.2) is 60.5 Å². The van der Waals surface area contributed by atoms with Gasteiger partial charge in [0.05, 0.1) is 24.5 Å². The molecule has 2 aromatic carbocycles. The maximum Gasteiger partial charge on any atom is 0.193 e. The van der Waals surface area contributed by atoms with E-state index in [1.54, 1.807) is 0 Å². The van der Waals surface area contributed by atoms with E-state index in [1.807, 2.05) is 44.6 Å². The van der Waals surface area contributed by atoms with Crippen molar-refractivity contribution in [3.8, 4) is 11.3 Å². The van der Waals surface area contributed by atoms with E-state index in [0.717, 1.165) is 29.6 Å². The number of hydrogen-bond acceptors (Lipinski definition) is 3. The number of halogens is 1. The lowest BCUT2D eigenvalue weighted by Crippen LogP contribution is -2.42. The van der Waals surface area contributed by atoms with E-state index in [0.29, 0.717) is 6.54 Å². The number of guanidine groups is 1. The number of aromatic nitrogens is 2. The number of rotatable bonds is 7. The van der Waals surface area contributed by atoms with Crippen molar-refractivity contribution in [3.63, 3.8) is 0 Å². The number of aromatic amines is 1. The van der Waals surface area contributed by atoms with E-state index in [1.165, 1.54) is 5.56 Å². The number of aliphatic imine (C=N–C) groups is 1. The van der Waals surface area contributed by atoms with Gasteiger partial charge in [0, 0.05) is 20.6 Å². The molecule has 7 heteroatoms. The molecule has 160 valence electrons. The van der Waals surface area contributed by atoms with Gasteiger partial charge in [0.25, 0.3) is 0 Å². The molecule has 2 N–H and O–H groups in total. The van der Waals surface area contributed by atoms with Crippen LogP contribution in [0.5, 0.6) is 0 Å². The van der Waals surface area contributed by atoms with Crippen LogP contribution in [0.4, 0.5) is 0 Å². The average Bonchev–Trinajstić information content (AvgIpc) is 3.20. The average molecular weight is 518 g/mol. The highest BCUT2D eigenvalue weighted by Crippen LogP contribution is 2.18. The minimum absolute atomic E-state index is 0. The zero-order valence-electron chi connectivity index (χ0n) is 18.0. The minimum atomic E-state index is 0. The van der Waals surface area contributed by atoms with Crippen molar-refractivity contribution in [1.29, 1.82) is 0 Å². The Bertz CT molecular complexity index is 908. The Hall–Kier alpha value is -2.39. The Kier molecular flexibility index (Phi) is 9.32. The number of benzene rings is 2. The van der Waals surface area contributed by atoms with E-state index in [9.17, 15) is 0 Å². The second-order valence-electron chi connectivity index (χ2n) is 7.28. The Morgan fingerprint density at radius 3 is 2.27 bits per heavy atom. The summed E-state index contributed by atoms with van der Waals surface area (Å²) in [5.74, 6) is 1.74. The lowest BCUT2D eigenvalue weighted by atomic mass is 10.1. The molecule has 0 saturated heterocycles. The third kappa shape index (κ3) is 6.30. The smallest absolute Gasteiger partial charge is 0.193 e. The maximum atomic E-state index is 4.53. The third-order valence-corrected chi connectivity index (χ3v) is 4.93. The molecule has 1 aromatic heterocycles. The molecule has 0 saturated carbocycles. The molecule has 0 aliphatic carbocycles. The van der Waals surface area contributed by atoms with Crippen LogP contribution in [0.25, 0.3) is 11.3 Å². The number of nitrogens with zero attached hydrogens (tertiary/aromatic N) is 4. The van der Waals surface area contributed by atoms with Gasteiger partial charge in [0.1, 0.15) is 5.82 Å². The van der Waals surface area contributed by atoms with Crippen LogP contribution in [-0.2, 0) is 6.54 Å². The molecule has 3 aromatic rings. The lowest BCUT2D eigenvalue weighted by molar-refractivity contribution is 0.295. The molecule has 0 fully saturated rings. The van der Waals surface area contributed by atoms with Crippen molar-refractivity contribution in [2.45, 2.75) is 12.6 Å². The number of imidazole rings is 1. The monoisotopic (exact) mass is 518 g/mol. The molecule has 1 unspecified atom stereocenters. The highest BCUT2D eigenvalue weighted by Gasteiger charge is 2.16. The van der Waals surface area contributed by atoms with Crippen LogP contribution in [0.3, 0.4) is 0 Å². The second kappa shape index (κ2) is 11.7. The van der Waals surface area contributed by atoms with Gasteiger partial charge in [-0.2, -0.15) is 0 Å². The molecule has 3 rings (SSSR count). The van der Waals surface area contributed by atoms with Gasteiger partial charge in [-0.15, -0.1) is 24.0 Å². The van der Waals surface area contributed by atoms with Crippen LogP contribution >= 0.6 is 24.0 Å². The Balaban J connectivity index is 0.00000320. The Labute approximate surface area is 196 Å². The van der Waals surface area contributed by atoms with Crippen molar-refractivity contribution in [2.24, 2.45) is 4.99 Å². The highest BCUT2D eigenvalue weighted by molar-refractivity contribution is 14.0. The summed E-state index contributed by atoms with van der Waals surface area (Å²) in [6.45, 7) is 1.41. The molecule has 0 amide bonds. The third-order valence-electron chi connectivity index (χ3n) is 4.93. The lowest BCUT2D eigenvalue weighted by Gasteiger charge is -2.28. The van der Waals surface area contributed by atoms with E-state index in [4.69, 9.17) is 0 Å². The SMILES string of the molecule is CN=C(NCC(c1ccccc1)N(C)C)N(C)Cc1ncc(-c2ccccc2)[nH]1.I. The van der Waals surface area contributed by atoms with E-state index in [-0.39, 0.29) is 30.0 Å². The molecule has 0 radical (unpaired) electrons. The van der Waals surface area contributed by atoms with Gasteiger partial charge in [-0.25, -0.2) is 4.98 Å². The molecule has 0 bridgehead atoms. The standard InChI is InChI=1S/C23H30N6.HI/c1-24-23(26-16-21(28(2)3)19-13-9-6-10-14-19)29(4)17-22-25-15-20(27-22)18-11-7-5-8-12-18;/h5-15,21H,16-17H2,1-4H3,(H,24,26)(H,25,27);1H. The fourth-order valence-electron chi connectivity index (χ4n) is 3.35. The first kappa shape index (κ1) is 23.9. The fraction of sp³-hybridized carbons (Fsp3) is 0.304. The van der Waals surface area contributed by atoms with Gasteiger partial charge >= 0.3 is 0 Å². The predicted molar refractivity (Wildman–Crippen MR) is 135 cm³/mol. The van der Waals surface area contributed by atoms with Crippen molar-refractivity contribution in [3.05, 3.63) is 78.2 Å². The predicted octanol–water partition coefficient (Wildman–Crippen LogP) is 4.00. The quantitative estimate of drug-likeness (QED) is 0.282. The second-order valence-corrected chi connectivity index (χ2v) is 7.28. The zero-order valence-corrected chi connectivity index (χ0v) is 20.4. The first-order chi connectivity index (χ1) is 14.1. The fourth-order valence-corrected chi connectivity index (χ4v) is 3.35. The first-order valence-electron chi connectivity index (χ1n) is 9.81. The molecule has 0 spiro atoms. The topological polar surface area (TPSA) is 59.6 Å². The van der Waals surface area contributed by atoms with Crippen molar-refractivity contribution < 1.29 is 0 Å². The van der Waals surface area contributed by atoms with E-state index < -0.39 is 0 Å². The summed E-state index contributed by atoms with van der Waals surface area (Å²) >= 11 is 0. The van der Waals surface area contributed by atoms with Crippen LogP contribution in [0.15, 0.2) is 71.9 Å². The molecular formula is C23H31IN6.